The molecule has 11 heteroatoms. The molecule has 8 aromatic rings. The zero-order chi connectivity index (χ0) is 48.8. The number of carbonyl (C=O) groups is 2. The van der Waals surface area contributed by atoms with Crippen molar-refractivity contribution >= 4 is 23.1 Å². The fraction of sp³-hybridized carbons (Fsp3) is 0.153. The average molecular weight is 943 g/mol. The third kappa shape index (κ3) is 10.4. The molecule has 2 aliphatic heterocycles. The molecule has 0 atom stereocenters. The molecule has 0 saturated carbocycles. The van der Waals surface area contributed by atoms with Gasteiger partial charge in [-0.1, -0.05) is 71.8 Å². The first-order valence-electron chi connectivity index (χ1n) is 22.5. The summed E-state index contributed by atoms with van der Waals surface area (Å²) < 4.78 is 45.7. The molecule has 70 heavy (non-hydrogen) atoms. The molecule has 4 heterocycles. The van der Waals surface area contributed by atoms with Crippen LogP contribution in [0.25, 0.3) is 56.2 Å². The molecule has 0 amide bonds. The number of aromatic amines is 2. The molecule has 0 spiro atoms. The molecule has 0 saturated heterocycles. The van der Waals surface area contributed by atoms with E-state index in [-0.39, 0.29) is 35.1 Å². The van der Waals surface area contributed by atoms with E-state index in [0.717, 1.165) is 73.1 Å². The maximum Gasteiger partial charge on any atom is 1.00 e. The van der Waals surface area contributed by atoms with Crippen LogP contribution in [0.4, 0.5) is 8.78 Å². The maximum atomic E-state index is 14.4. The van der Waals surface area contributed by atoms with Crippen LogP contribution in [0.2, 0.25) is 0 Å². The molecular formula is C59H49F2N2NaO6. The number of ether oxygens (including phenoxy) is 3. The maximum absolute atomic E-state index is 14.4. The molecule has 0 aliphatic carbocycles. The third-order valence-electron chi connectivity index (χ3n) is 12.2. The van der Waals surface area contributed by atoms with Gasteiger partial charge < -0.3 is 34.1 Å². The number of esters is 1. The van der Waals surface area contributed by atoms with Crippen molar-refractivity contribution in [2.24, 2.45) is 0 Å². The summed E-state index contributed by atoms with van der Waals surface area (Å²) in [6, 6.07) is 45.2. The molecule has 2 N–H and O–H groups in total. The number of hydrogen-bond acceptors (Lipinski definition) is 6. The summed E-state index contributed by atoms with van der Waals surface area (Å²) >= 11 is 0. The smallest absolute Gasteiger partial charge is 0.545 e. The van der Waals surface area contributed by atoms with Crippen LogP contribution in [-0.4, -0.2) is 40.2 Å². The SMILES string of the molecule is COC(=O)c1ccc(-c2ccc(-c3ccc4c(c3)C(c3ccc(C)cc3)=CC(C)(C)O4)[nH]2)cc1F.Cc1ccc(C2=CC(C)(C)Oc3ccc(-c4ccc(-c5ccc(C(=O)[O-])c(F)c5)[nH]4)cc32)cc1.[Na+]. The van der Waals surface area contributed by atoms with Gasteiger partial charge in [0.05, 0.1) is 18.6 Å². The number of carbonyl (C=O) groups excluding carboxylic acids is 2. The van der Waals surface area contributed by atoms with Crippen molar-refractivity contribution in [2.45, 2.75) is 52.7 Å². The van der Waals surface area contributed by atoms with Gasteiger partial charge >= 0.3 is 35.5 Å². The zero-order valence-corrected chi connectivity index (χ0v) is 42.2. The number of aryl methyl sites for hydroxylation is 2. The van der Waals surface area contributed by atoms with Crippen molar-refractivity contribution in [3.63, 3.8) is 0 Å². The van der Waals surface area contributed by atoms with Gasteiger partial charge in [-0.2, -0.15) is 0 Å². The minimum absolute atomic E-state index is 0. The van der Waals surface area contributed by atoms with Crippen molar-refractivity contribution in [3.05, 3.63) is 214 Å². The number of nitrogens with one attached hydrogen (secondary N) is 2. The molecular weight excluding hydrogens is 894 g/mol. The second-order valence-corrected chi connectivity index (χ2v) is 18.4. The Bertz CT molecular complexity index is 3360. The normalized spacial score (nSPS) is 13.9. The topological polar surface area (TPSA) is 116 Å². The van der Waals surface area contributed by atoms with E-state index in [1.54, 1.807) is 12.1 Å². The predicted molar refractivity (Wildman–Crippen MR) is 265 cm³/mol. The van der Waals surface area contributed by atoms with Gasteiger partial charge in [0.1, 0.15) is 34.3 Å². The summed E-state index contributed by atoms with van der Waals surface area (Å²) in [7, 11) is 1.23. The van der Waals surface area contributed by atoms with Crippen LogP contribution < -0.4 is 44.1 Å². The van der Waals surface area contributed by atoms with Crippen LogP contribution in [0.3, 0.4) is 0 Å². The first-order chi connectivity index (χ1) is 32.9. The number of rotatable bonds is 8. The number of halogens is 2. The van der Waals surface area contributed by atoms with Gasteiger partial charge in [-0.25, -0.2) is 13.6 Å². The van der Waals surface area contributed by atoms with Gasteiger partial charge in [-0.05, 0) is 172 Å². The van der Waals surface area contributed by atoms with E-state index in [2.05, 4.69) is 115 Å². The fourth-order valence-electron chi connectivity index (χ4n) is 8.68. The van der Waals surface area contributed by atoms with Crippen LogP contribution >= 0.6 is 0 Å². The summed E-state index contributed by atoms with van der Waals surface area (Å²) in [5, 5.41) is 11.0. The van der Waals surface area contributed by atoms with Crippen molar-refractivity contribution < 1.29 is 67.2 Å². The minimum Gasteiger partial charge on any atom is -0.545 e. The van der Waals surface area contributed by atoms with Gasteiger partial charge in [0.25, 0.3) is 0 Å². The molecule has 6 aromatic carbocycles. The quantitative estimate of drug-likeness (QED) is 0.116. The van der Waals surface area contributed by atoms with Crippen molar-refractivity contribution in [1.82, 2.24) is 9.97 Å². The average Bonchev–Trinajstić information content (AvgIpc) is 4.03. The zero-order valence-electron chi connectivity index (χ0n) is 40.2. The molecule has 8 nitrogen and oxygen atoms in total. The van der Waals surface area contributed by atoms with Crippen LogP contribution in [0, 0.1) is 25.5 Å². The Morgan fingerprint density at radius 2 is 0.843 bits per heavy atom. The third-order valence-corrected chi connectivity index (χ3v) is 12.2. The molecule has 0 radical (unpaired) electrons. The van der Waals surface area contributed by atoms with Crippen molar-refractivity contribution in [2.75, 3.05) is 7.11 Å². The number of methoxy groups -OCH3 is 1. The van der Waals surface area contributed by atoms with Crippen molar-refractivity contribution in [1.29, 1.82) is 0 Å². The van der Waals surface area contributed by atoms with Crippen molar-refractivity contribution in [3.8, 4) is 56.5 Å². The van der Waals surface area contributed by atoms with E-state index in [0.29, 0.717) is 16.8 Å². The Morgan fingerprint density at radius 3 is 1.20 bits per heavy atom. The Balaban J connectivity index is 0.000000186. The van der Waals surface area contributed by atoms with Crippen LogP contribution in [0.5, 0.6) is 11.5 Å². The van der Waals surface area contributed by atoms with E-state index in [1.807, 2.05) is 62.4 Å². The molecule has 10 rings (SSSR count). The monoisotopic (exact) mass is 942 g/mol. The number of carboxylic acid groups (broad SMARTS) is 1. The Labute approximate surface area is 428 Å². The van der Waals surface area contributed by atoms with Gasteiger partial charge in [-0.15, -0.1) is 0 Å². The van der Waals surface area contributed by atoms with Gasteiger partial charge in [-0.3, -0.25) is 0 Å². The number of carboxylic acids is 1. The van der Waals surface area contributed by atoms with E-state index in [1.165, 1.54) is 42.5 Å². The van der Waals surface area contributed by atoms with Crippen LogP contribution in [0.1, 0.15) is 81.8 Å². The Hall–Kier alpha value is -7.24. The Kier molecular flexibility index (Phi) is 13.8. The van der Waals surface area contributed by atoms with Gasteiger partial charge in [0, 0.05) is 50.6 Å². The number of hydrogen-bond donors (Lipinski definition) is 2. The summed E-state index contributed by atoms with van der Waals surface area (Å²) in [6.45, 7) is 12.3. The Morgan fingerprint density at radius 1 is 0.500 bits per heavy atom. The molecule has 2 aromatic heterocycles. The van der Waals surface area contributed by atoms with E-state index in [9.17, 15) is 23.5 Å². The van der Waals surface area contributed by atoms with E-state index < -0.39 is 40.3 Å². The van der Waals surface area contributed by atoms with Crippen LogP contribution in [-0.2, 0) is 4.74 Å². The molecule has 0 fully saturated rings. The number of benzene rings is 6. The first kappa shape index (κ1) is 49.2. The summed E-state index contributed by atoms with van der Waals surface area (Å²) in [5.41, 5.74) is 13.9. The number of aromatic carboxylic acids is 1. The largest absolute Gasteiger partial charge is 1.00 e. The second kappa shape index (κ2) is 19.6. The summed E-state index contributed by atoms with van der Waals surface area (Å²) in [6.07, 6.45) is 4.31. The summed E-state index contributed by atoms with van der Waals surface area (Å²) in [5.74, 6) is -2.02. The van der Waals surface area contributed by atoms with E-state index >= 15 is 0 Å². The first-order valence-corrected chi connectivity index (χ1v) is 22.5. The molecule has 0 unspecified atom stereocenters. The fourth-order valence-corrected chi connectivity index (χ4v) is 8.68. The van der Waals surface area contributed by atoms with E-state index in [4.69, 9.17) is 9.47 Å². The number of aromatic nitrogens is 2. The summed E-state index contributed by atoms with van der Waals surface area (Å²) in [4.78, 5) is 29.4. The van der Waals surface area contributed by atoms with Gasteiger partial charge in [0.15, 0.2) is 0 Å². The predicted octanol–water partition coefficient (Wildman–Crippen LogP) is 9.95. The standard InChI is InChI=1S/C30H26FNO3.C29H24FNO3.Na/c1-18-5-7-19(8-6-18)24-17-30(2,3)35-28-14-10-20(15-23(24)28)26-12-13-27(32-26)21-9-11-22(25(31)16-21)29(33)34-4;1-17-4-6-18(7-5-17)23-16-29(2,3)34-27-13-9-19(14-22(23)27)25-11-12-26(31-25)20-8-10-21(28(32)33)24(30)15-20;/h5-17,32H,1-4H3;4-16,31H,1-3H3,(H,32,33);/q;;+1/p-1. The second-order valence-electron chi connectivity index (χ2n) is 18.4. The molecule has 0 bridgehead atoms. The minimum atomic E-state index is -1.53. The molecule has 2 aliphatic rings. The van der Waals surface area contributed by atoms with Crippen LogP contribution in [0.15, 0.2) is 158 Å². The molecule has 346 valence electrons. The van der Waals surface area contributed by atoms with Gasteiger partial charge in [0.2, 0.25) is 0 Å². The number of fused-ring (bicyclic) bond motifs is 2. The number of H-pyrrole nitrogens is 2.